The van der Waals surface area contributed by atoms with E-state index in [1.807, 2.05) is 0 Å². The van der Waals surface area contributed by atoms with E-state index in [-0.39, 0.29) is 10.7 Å². The van der Waals surface area contributed by atoms with Gasteiger partial charge in [0.05, 0.1) is 15.6 Å². The van der Waals surface area contributed by atoms with Gasteiger partial charge in [-0.1, -0.05) is 35.3 Å². The topological polar surface area (TPSA) is 41.1 Å². The van der Waals surface area contributed by atoms with Gasteiger partial charge in [0.1, 0.15) is 5.82 Å². The Balaban J connectivity index is 2.03. The lowest BCUT2D eigenvalue weighted by atomic mass is 10.2. The van der Waals surface area contributed by atoms with Crippen LogP contribution in [-0.2, 0) is 0 Å². The van der Waals surface area contributed by atoms with Gasteiger partial charge in [-0.25, -0.2) is 4.39 Å². The molecule has 108 valence electrons. The van der Waals surface area contributed by atoms with Gasteiger partial charge < -0.3 is 5.32 Å². The average molecular weight is 343 g/mol. The molecule has 0 aliphatic carbocycles. The summed E-state index contributed by atoms with van der Waals surface area (Å²) in [7, 11) is 0. The van der Waals surface area contributed by atoms with Crippen LogP contribution in [0.15, 0.2) is 42.5 Å². The van der Waals surface area contributed by atoms with Crippen molar-refractivity contribution < 1.29 is 9.18 Å². The Morgan fingerprint density at radius 1 is 1.10 bits per heavy atom. The maximum Gasteiger partial charge on any atom is 0.260 e. The Labute approximate surface area is 136 Å². The maximum absolute atomic E-state index is 13.5. The van der Waals surface area contributed by atoms with Crippen LogP contribution in [-0.4, -0.2) is 11.0 Å². The number of halogens is 3. The molecule has 2 aromatic rings. The van der Waals surface area contributed by atoms with Crippen LogP contribution in [0.1, 0.15) is 10.4 Å². The van der Waals surface area contributed by atoms with Gasteiger partial charge in [0, 0.05) is 5.69 Å². The van der Waals surface area contributed by atoms with Gasteiger partial charge in [0.2, 0.25) is 0 Å². The molecule has 0 aliphatic rings. The van der Waals surface area contributed by atoms with Gasteiger partial charge in [-0.2, -0.15) is 0 Å². The van der Waals surface area contributed by atoms with Gasteiger partial charge >= 0.3 is 0 Å². The van der Waals surface area contributed by atoms with Crippen molar-refractivity contribution in [3.05, 3.63) is 63.9 Å². The van der Waals surface area contributed by atoms with E-state index in [4.69, 9.17) is 35.4 Å². The molecule has 0 saturated heterocycles. The second-order valence-corrected chi connectivity index (χ2v) is 5.24. The van der Waals surface area contributed by atoms with E-state index in [1.54, 1.807) is 24.3 Å². The summed E-state index contributed by atoms with van der Waals surface area (Å²) in [4.78, 5) is 11.9. The van der Waals surface area contributed by atoms with Crippen molar-refractivity contribution in [2.75, 3.05) is 5.32 Å². The predicted molar refractivity (Wildman–Crippen MR) is 86.5 cm³/mol. The zero-order valence-corrected chi connectivity index (χ0v) is 12.8. The van der Waals surface area contributed by atoms with Gasteiger partial charge in [0.25, 0.3) is 5.91 Å². The monoisotopic (exact) mass is 342 g/mol. The molecule has 2 rings (SSSR count). The molecule has 2 aromatic carbocycles. The molecule has 0 bridgehead atoms. The van der Waals surface area contributed by atoms with Gasteiger partial charge in [-0.3, -0.25) is 10.1 Å². The standard InChI is InChI=1S/C14H9Cl2FN2OS/c15-10-6-5-8(7-11(10)16)18-14(21)19-13(20)9-3-1-2-4-12(9)17/h1-7H,(H2,18,19,20,21). The van der Waals surface area contributed by atoms with Crippen molar-refractivity contribution in [1.29, 1.82) is 0 Å². The summed E-state index contributed by atoms with van der Waals surface area (Å²) < 4.78 is 13.5. The number of benzene rings is 2. The quantitative estimate of drug-likeness (QED) is 0.801. The van der Waals surface area contributed by atoms with Crippen LogP contribution in [0.4, 0.5) is 10.1 Å². The van der Waals surface area contributed by atoms with E-state index in [0.29, 0.717) is 15.7 Å². The first-order valence-corrected chi connectivity index (χ1v) is 6.95. The molecule has 0 fully saturated rings. The number of hydrogen-bond donors (Lipinski definition) is 2. The molecule has 0 atom stereocenters. The summed E-state index contributed by atoms with van der Waals surface area (Å²) in [5, 5.41) is 5.94. The van der Waals surface area contributed by atoms with E-state index in [0.717, 1.165) is 0 Å². The third-order valence-corrected chi connectivity index (χ3v) is 3.47. The van der Waals surface area contributed by atoms with Crippen molar-refractivity contribution in [2.24, 2.45) is 0 Å². The number of rotatable bonds is 2. The van der Waals surface area contributed by atoms with E-state index >= 15 is 0 Å². The van der Waals surface area contributed by atoms with Crippen LogP contribution < -0.4 is 10.6 Å². The first-order valence-electron chi connectivity index (χ1n) is 5.79. The molecule has 0 unspecified atom stereocenters. The minimum Gasteiger partial charge on any atom is -0.332 e. The minimum atomic E-state index is -0.634. The fourth-order valence-electron chi connectivity index (χ4n) is 1.55. The number of thiocarbonyl (C=S) groups is 1. The lowest BCUT2D eigenvalue weighted by Gasteiger charge is -2.10. The molecule has 0 heterocycles. The largest absolute Gasteiger partial charge is 0.332 e. The second-order valence-electron chi connectivity index (χ2n) is 4.02. The SMILES string of the molecule is O=C(NC(=S)Nc1ccc(Cl)c(Cl)c1)c1ccccc1F. The summed E-state index contributed by atoms with van der Waals surface area (Å²) in [5.74, 6) is -1.25. The maximum atomic E-state index is 13.5. The first-order chi connectivity index (χ1) is 9.97. The molecular weight excluding hydrogens is 334 g/mol. The summed E-state index contributed by atoms with van der Waals surface area (Å²) in [6, 6.07) is 10.4. The normalized spacial score (nSPS) is 10.0. The zero-order valence-electron chi connectivity index (χ0n) is 10.5. The number of anilines is 1. The van der Waals surface area contributed by atoms with Crippen LogP contribution in [0.25, 0.3) is 0 Å². The number of amides is 1. The molecule has 21 heavy (non-hydrogen) atoms. The molecule has 7 heteroatoms. The molecule has 0 aromatic heterocycles. The molecule has 3 nitrogen and oxygen atoms in total. The Kier molecular flexibility index (Phi) is 5.12. The molecule has 0 spiro atoms. The summed E-state index contributed by atoms with van der Waals surface area (Å²) >= 11 is 16.7. The van der Waals surface area contributed by atoms with E-state index in [9.17, 15) is 9.18 Å². The van der Waals surface area contributed by atoms with Crippen molar-refractivity contribution >= 4 is 52.1 Å². The third kappa shape index (κ3) is 4.14. The number of carbonyl (C=O) groups excluding carboxylic acids is 1. The van der Waals surface area contributed by atoms with E-state index in [2.05, 4.69) is 10.6 Å². The van der Waals surface area contributed by atoms with Crippen molar-refractivity contribution in [1.82, 2.24) is 5.32 Å². The van der Waals surface area contributed by atoms with Crippen LogP contribution in [0.5, 0.6) is 0 Å². The Bertz CT molecular complexity index is 709. The van der Waals surface area contributed by atoms with Crippen LogP contribution in [0, 0.1) is 5.82 Å². The van der Waals surface area contributed by atoms with Gasteiger partial charge in [-0.05, 0) is 42.5 Å². The number of nitrogens with one attached hydrogen (secondary N) is 2. The molecular formula is C14H9Cl2FN2OS. The first kappa shape index (κ1) is 15.7. The van der Waals surface area contributed by atoms with E-state index < -0.39 is 11.7 Å². The summed E-state index contributed by atoms with van der Waals surface area (Å²) in [6.07, 6.45) is 0. The number of carbonyl (C=O) groups is 1. The molecule has 0 aliphatic heterocycles. The Hall–Kier alpha value is -1.69. The van der Waals surface area contributed by atoms with Crippen molar-refractivity contribution in [2.45, 2.75) is 0 Å². The fourth-order valence-corrected chi connectivity index (χ4v) is 2.06. The summed E-state index contributed by atoms with van der Waals surface area (Å²) in [6.45, 7) is 0. The second kappa shape index (κ2) is 6.85. The molecule has 1 amide bonds. The minimum absolute atomic E-state index is 0.0293. The number of hydrogen-bond acceptors (Lipinski definition) is 2. The Morgan fingerprint density at radius 3 is 2.48 bits per heavy atom. The predicted octanol–water partition coefficient (Wildman–Crippen LogP) is 4.26. The van der Waals surface area contributed by atoms with Crippen LogP contribution >= 0.6 is 35.4 Å². The molecule has 0 radical (unpaired) electrons. The fraction of sp³-hybridized carbons (Fsp3) is 0. The zero-order chi connectivity index (χ0) is 15.4. The highest BCUT2D eigenvalue weighted by molar-refractivity contribution is 7.80. The lowest BCUT2D eigenvalue weighted by Crippen LogP contribution is -2.34. The highest BCUT2D eigenvalue weighted by Crippen LogP contribution is 2.24. The van der Waals surface area contributed by atoms with Crippen LogP contribution in [0.3, 0.4) is 0 Å². The van der Waals surface area contributed by atoms with Crippen LogP contribution in [0.2, 0.25) is 10.0 Å². The van der Waals surface area contributed by atoms with Gasteiger partial charge in [-0.15, -0.1) is 0 Å². The molecule has 0 saturated carbocycles. The highest BCUT2D eigenvalue weighted by atomic mass is 35.5. The van der Waals surface area contributed by atoms with Gasteiger partial charge in [0.15, 0.2) is 5.11 Å². The Morgan fingerprint density at radius 2 is 1.81 bits per heavy atom. The van der Waals surface area contributed by atoms with Crippen molar-refractivity contribution in [3.63, 3.8) is 0 Å². The third-order valence-electron chi connectivity index (χ3n) is 2.52. The summed E-state index contributed by atoms with van der Waals surface area (Å²) in [5.41, 5.74) is 0.471. The van der Waals surface area contributed by atoms with E-state index in [1.165, 1.54) is 18.2 Å². The smallest absolute Gasteiger partial charge is 0.260 e. The highest BCUT2D eigenvalue weighted by Gasteiger charge is 2.12. The lowest BCUT2D eigenvalue weighted by molar-refractivity contribution is 0.0974. The molecule has 2 N–H and O–H groups in total. The average Bonchev–Trinajstić information content (AvgIpc) is 2.43. The van der Waals surface area contributed by atoms with Crippen molar-refractivity contribution in [3.8, 4) is 0 Å².